The van der Waals surface area contributed by atoms with E-state index in [9.17, 15) is 9.00 Å². The molecular formula is C10H11NNaO3S2. The zero-order valence-corrected chi connectivity index (χ0v) is 13.2. The monoisotopic (exact) mass is 280 g/mol. The van der Waals surface area contributed by atoms with Gasteiger partial charge in [0.05, 0.1) is 4.90 Å². The van der Waals surface area contributed by atoms with Gasteiger partial charge in [0.25, 0.3) is 5.91 Å². The van der Waals surface area contributed by atoms with Crippen LogP contribution < -0.4 is 5.32 Å². The maximum Gasteiger partial charge on any atom is 0.250 e. The predicted octanol–water partition coefficient (Wildman–Crippen LogP) is 1.40. The molecule has 17 heavy (non-hydrogen) atoms. The molecule has 0 heterocycles. The Morgan fingerprint density at radius 2 is 1.88 bits per heavy atom. The average molecular weight is 280 g/mol. The zero-order valence-electron chi connectivity index (χ0n) is 9.60. The van der Waals surface area contributed by atoms with Crippen LogP contribution in [0.3, 0.4) is 0 Å². The Morgan fingerprint density at radius 1 is 1.41 bits per heavy atom. The van der Waals surface area contributed by atoms with E-state index >= 15 is 0 Å². The van der Waals surface area contributed by atoms with Crippen LogP contribution in [0.15, 0.2) is 41.3 Å². The van der Waals surface area contributed by atoms with Crippen molar-refractivity contribution in [1.29, 1.82) is 0 Å². The number of benzene rings is 1. The Balaban J connectivity index is 0.00000256. The third-order valence-corrected chi connectivity index (χ3v) is 3.24. The minimum absolute atomic E-state index is 0. The molecule has 0 saturated carbocycles. The Morgan fingerprint density at radius 3 is 2.24 bits per heavy atom. The molecule has 2 N–H and O–H groups in total. The van der Waals surface area contributed by atoms with Crippen molar-refractivity contribution in [2.24, 2.45) is 0 Å². The van der Waals surface area contributed by atoms with Crippen LogP contribution in [0.5, 0.6) is 0 Å². The fourth-order valence-corrected chi connectivity index (χ4v) is 1.76. The van der Waals surface area contributed by atoms with Crippen molar-refractivity contribution in [3.05, 3.63) is 36.4 Å². The minimum atomic E-state index is -3.36. The largest absolute Gasteiger partial charge is 0.322 e. The number of hydrogen-bond acceptors (Lipinski definition) is 3. The smallest absolute Gasteiger partial charge is 0.250 e. The molecule has 1 amide bonds. The first kappa shape index (κ1) is 16.8. The van der Waals surface area contributed by atoms with E-state index in [2.05, 4.69) is 23.1 Å². The van der Waals surface area contributed by atoms with Crippen molar-refractivity contribution in [2.75, 3.05) is 5.32 Å². The van der Waals surface area contributed by atoms with E-state index in [1.807, 2.05) is 0 Å². The summed E-state index contributed by atoms with van der Waals surface area (Å²) in [5.41, 5.74) is 0.911. The van der Waals surface area contributed by atoms with E-state index in [1.54, 1.807) is 6.92 Å². The van der Waals surface area contributed by atoms with Gasteiger partial charge in [-0.25, -0.2) is 4.21 Å². The van der Waals surface area contributed by atoms with Gasteiger partial charge in [-0.05, 0) is 31.2 Å². The second-order valence-corrected chi connectivity index (χ2v) is 6.01. The summed E-state index contributed by atoms with van der Waals surface area (Å²) in [6.45, 7) is 5.08. The summed E-state index contributed by atoms with van der Waals surface area (Å²) in [5, 5.41) is 2.57. The molecule has 1 unspecified atom stereocenters. The number of carbonyl (C=O) groups is 1. The van der Waals surface area contributed by atoms with E-state index in [4.69, 9.17) is 4.55 Å². The Labute approximate surface area is 127 Å². The molecule has 4 nitrogen and oxygen atoms in total. The minimum Gasteiger partial charge on any atom is -0.322 e. The number of carbonyl (C=O) groups excluding carboxylic acids is 1. The molecule has 0 spiro atoms. The summed E-state index contributed by atoms with van der Waals surface area (Å²) in [5.74, 6) is -0.296. The molecule has 87 valence electrons. The van der Waals surface area contributed by atoms with Gasteiger partial charge >= 0.3 is 0 Å². The number of amides is 1. The van der Waals surface area contributed by atoms with Gasteiger partial charge < -0.3 is 9.87 Å². The van der Waals surface area contributed by atoms with Crippen LogP contribution in [0.1, 0.15) is 6.92 Å². The van der Waals surface area contributed by atoms with E-state index in [0.717, 1.165) is 0 Å². The van der Waals surface area contributed by atoms with E-state index in [1.165, 1.54) is 24.3 Å². The first-order valence-corrected chi connectivity index (χ1v) is 6.79. The van der Waals surface area contributed by atoms with Crippen LogP contribution in [-0.2, 0) is 24.8 Å². The summed E-state index contributed by atoms with van der Waals surface area (Å²) in [4.78, 5) is 11.4. The van der Waals surface area contributed by atoms with E-state index < -0.39 is 8.77 Å². The van der Waals surface area contributed by atoms with Crippen LogP contribution >= 0.6 is 0 Å². The standard InChI is InChI=1S/C10H11NO3S2.Na/c1-7(2)10(12)11-8-3-5-9(6-4-8)16(13,14)15;/h3-6H,1H2,2H3,(H,11,12)(H,13,14,15);. The SMILES string of the molecule is C=C(C)C(=O)Nc1ccc(S(=O)(O)=S)cc1.[Na]. The first-order valence-electron chi connectivity index (χ1n) is 4.35. The number of rotatable bonds is 3. The van der Waals surface area contributed by atoms with Gasteiger partial charge in [-0.1, -0.05) is 6.58 Å². The molecule has 1 aromatic carbocycles. The van der Waals surface area contributed by atoms with Gasteiger partial charge in [-0.15, -0.1) is 0 Å². The van der Waals surface area contributed by atoms with Crippen LogP contribution in [0.25, 0.3) is 0 Å². The van der Waals surface area contributed by atoms with Crippen LogP contribution in [0.4, 0.5) is 5.69 Å². The van der Waals surface area contributed by atoms with Gasteiger partial charge in [0, 0.05) is 52.0 Å². The van der Waals surface area contributed by atoms with Gasteiger partial charge in [0.2, 0.25) is 0 Å². The van der Waals surface area contributed by atoms with E-state index in [-0.39, 0.29) is 40.4 Å². The zero-order chi connectivity index (χ0) is 12.3. The van der Waals surface area contributed by atoms with Gasteiger partial charge in [-0.2, -0.15) is 0 Å². The molecular weight excluding hydrogens is 269 g/mol. The summed E-state index contributed by atoms with van der Waals surface area (Å²) < 4.78 is 20.2. The average Bonchev–Trinajstić information content (AvgIpc) is 2.17. The number of nitrogens with one attached hydrogen (secondary N) is 1. The van der Waals surface area contributed by atoms with Gasteiger partial charge in [0.1, 0.15) is 0 Å². The van der Waals surface area contributed by atoms with Gasteiger partial charge in [0.15, 0.2) is 8.77 Å². The van der Waals surface area contributed by atoms with Crippen molar-refractivity contribution in [1.82, 2.24) is 0 Å². The summed E-state index contributed by atoms with van der Waals surface area (Å²) in [6.07, 6.45) is 0. The molecule has 7 heteroatoms. The molecule has 1 rings (SSSR count). The molecule has 0 aliphatic rings. The maximum absolute atomic E-state index is 11.3. The third-order valence-electron chi connectivity index (χ3n) is 1.80. The normalized spacial score (nSPS) is 13.1. The molecule has 0 aliphatic carbocycles. The second-order valence-electron chi connectivity index (χ2n) is 3.23. The van der Waals surface area contributed by atoms with Crippen molar-refractivity contribution in [3.8, 4) is 0 Å². The summed E-state index contributed by atoms with van der Waals surface area (Å²) >= 11 is 4.41. The molecule has 1 atom stereocenters. The number of anilines is 1. The molecule has 0 bridgehead atoms. The molecule has 0 fully saturated rings. The first-order chi connectivity index (χ1) is 7.30. The second kappa shape index (κ2) is 6.63. The third kappa shape index (κ3) is 5.29. The van der Waals surface area contributed by atoms with Crippen LogP contribution in [-0.4, -0.2) is 44.2 Å². The Bertz CT molecular complexity index is 523. The van der Waals surface area contributed by atoms with Crippen LogP contribution in [0.2, 0.25) is 0 Å². The van der Waals surface area contributed by atoms with Crippen molar-refractivity contribution in [2.45, 2.75) is 11.8 Å². The number of hydrogen-bond donors (Lipinski definition) is 2. The summed E-state index contributed by atoms with van der Waals surface area (Å²) in [6, 6.07) is 5.84. The van der Waals surface area contributed by atoms with Crippen molar-refractivity contribution < 1.29 is 13.6 Å². The van der Waals surface area contributed by atoms with Crippen LogP contribution in [0, 0.1) is 0 Å². The Kier molecular flexibility index (Phi) is 6.53. The predicted molar refractivity (Wildman–Crippen MR) is 72.0 cm³/mol. The van der Waals surface area contributed by atoms with E-state index in [0.29, 0.717) is 11.3 Å². The van der Waals surface area contributed by atoms with Crippen molar-refractivity contribution in [3.63, 3.8) is 0 Å². The fourth-order valence-electron chi connectivity index (χ4n) is 0.948. The summed E-state index contributed by atoms with van der Waals surface area (Å²) in [7, 11) is -3.36. The maximum atomic E-state index is 11.3. The molecule has 1 aromatic rings. The van der Waals surface area contributed by atoms with Gasteiger partial charge in [-0.3, -0.25) is 4.79 Å². The molecule has 0 aromatic heterocycles. The fraction of sp³-hybridized carbons (Fsp3) is 0.100. The topological polar surface area (TPSA) is 66.4 Å². The molecule has 0 saturated heterocycles. The van der Waals surface area contributed by atoms with Crippen molar-refractivity contribution >= 4 is 61.1 Å². The quantitative estimate of drug-likeness (QED) is 0.649. The molecule has 1 radical (unpaired) electrons. The Hall–Kier alpha value is -0.240. The molecule has 0 aliphatic heterocycles.